The first-order chi connectivity index (χ1) is 23.6. The molecule has 8 nitrogen and oxygen atoms in total. The quantitative estimate of drug-likeness (QED) is 0.0310. The van der Waals surface area contributed by atoms with Gasteiger partial charge >= 0.3 is 17.9 Å². The highest BCUT2D eigenvalue weighted by Gasteiger charge is 2.31. The van der Waals surface area contributed by atoms with E-state index < -0.39 is 18.1 Å². The zero-order valence-corrected chi connectivity index (χ0v) is 32.1. The summed E-state index contributed by atoms with van der Waals surface area (Å²) < 4.78 is 17.1. The fraction of sp³-hybridized carbons (Fsp3) is 0.780. The van der Waals surface area contributed by atoms with Crippen LogP contribution < -0.4 is 0 Å². The number of carbonyl (C=O) groups is 3. The number of hydrogen-bond donors (Lipinski definition) is 1. The predicted octanol–water partition coefficient (Wildman–Crippen LogP) is 9.91. The summed E-state index contributed by atoms with van der Waals surface area (Å²) in [5.41, 5.74) is 0. The molecule has 0 radical (unpaired) electrons. The number of quaternary nitrogens is 1. The zero-order chi connectivity index (χ0) is 36.4. The van der Waals surface area contributed by atoms with Crippen LogP contribution >= 0.6 is 0 Å². The lowest BCUT2D eigenvalue weighted by Crippen LogP contribution is -2.50. The molecule has 0 aliphatic heterocycles. The summed E-state index contributed by atoms with van der Waals surface area (Å²) in [6, 6.07) is -0.622. The van der Waals surface area contributed by atoms with Crippen molar-refractivity contribution in [3.8, 4) is 0 Å². The number of carbonyl (C=O) groups excluding carboxylic acids is 2. The number of carboxylic acid groups (broad SMARTS) is 1. The van der Waals surface area contributed by atoms with Gasteiger partial charge in [0.2, 0.25) is 0 Å². The first-order valence-electron chi connectivity index (χ1n) is 19.5. The van der Waals surface area contributed by atoms with E-state index in [1.165, 1.54) is 70.6 Å². The third kappa shape index (κ3) is 31.3. The minimum absolute atomic E-state index is 0.0365. The first kappa shape index (κ1) is 46.5. The van der Waals surface area contributed by atoms with Gasteiger partial charge in [-0.3, -0.25) is 9.59 Å². The lowest BCUT2D eigenvalue weighted by Gasteiger charge is -2.31. The second-order valence-corrected chi connectivity index (χ2v) is 14.2. The SMILES string of the molecule is CCCCC/C=C/CCCCCCCC(=O)OCC(COCCC(C(=O)O)[N+](C)(C)C)OC(=O)CC/C=C/C/C=C/CCCCCCCC. The summed E-state index contributed by atoms with van der Waals surface area (Å²) in [5, 5.41) is 9.58. The maximum Gasteiger partial charge on any atom is 0.362 e. The number of nitrogens with zero attached hydrogens (tertiary/aromatic N) is 1. The Balaban J connectivity index is 4.52. The monoisotopic (exact) mass is 693 g/mol. The van der Waals surface area contributed by atoms with Crippen LogP contribution in [0.5, 0.6) is 0 Å². The van der Waals surface area contributed by atoms with E-state index in [0.717, 1.165) is 44.9 Å². The molecule has 0 heterocycles. The molecule has 49 heavy (non-hydrogen) atoms. The van der Waals surface area contributed by atoms with Gasteiger partial charge in [0, 0.05) is 19.3 Å². The van der Waals surface area contributed by atoms with Crippen LogP contribution in [-0.4, -0.2) is 80.6 Å². The molecule has 0 amide bonds. The van der Waals surface area contributed by atoms with E-state index in [9.17, 15) is 19.5 Å². The van der Waals surface area contributed by atoms with Gasteiger partial charge in [0.05, 0.1) is 34.4 Å². The summed E-state index contributed by atoms with van der Waals surface area (Å²) >= 11 is 0. The number of hydrogen-bond acceptors (Lipinski definition) is 6. The molecular weight excluding hydrogens is 618 g/mol. The van der Waals surface area contributed by atoms with Crippen molar-refractivity contribution in [1.29, 1.82) is 0 Å². The summed E-state index contributed by atoms with van der Waals surface area (Å²) in [5.74, 6) is -1.57. The average molecular weight is 693 g/mol. The molecule has 284 valence electrons. The highest BCUT2D eigenvalue weighted by molar-refractivity contribution is 5.72. The van der Waals surface area contributed by atoms with E-state index in [1.54, 1.807) is 0 Å². The molecule has 0 aliphatic carbocycles. The van der Waals surface area contributed by atoms with Gasteiger partial charge in [-0.05, 0) is 57.8 Å². The van der Waals surface area contributed by atoms with Crippen LogP contribution in [0.2, 0.25) is 0 Å². The van der Waals surface area contributed by atoms with Crippen LogP contribution in [0.1, 0.15) is 155 Å². The van der Waals surface area contributed by atoms with Gasteiger partial charge in [-0.2, -0.15) is 0 Å². The highest BCUT2D eigenvalue weighted by Crippen LogP contribution is 2.12. The van der Waals surface area contributed by atoms with Crippen molar-refractivity contribution in [3.05, 3.63) is 36.5 Å². The maximum absolute atomic E-state index is 12.6. The Kier molecular flexibility index (Phi) is 31.1. The minimum atomic E-state index is -0.885. The van der Waals surface area contributed by atoms with E-state index in [4.69, 9.17) is 14.2 Å². The molecule has 0 spiro atoms. The summed E-state index contributed by atoms with van der Waals surface area (Å²) in [4.78, 5) is 36.7. The number of ether oxygens (including phenoxy) is 3. The Bertz CT molecular complexity index is 906. The number of carboxylic acids is 1. The second-order valence-electron chi connectivity index (χ2n) is 14.2. The zero-order valence-electron chi connectivity index (χ0n) is 32.1. The van der Waals surface area contributed by atoms with Crippen LogP contribution in [0, 0.1) is 0 Å². The molecule has 0 aliphatic rings. The van der Waals surface area contributed by atoms with Gasteiger partial charge in [0.25, 0.3) is 0 Å². The topological polar surface area (TPSA) is 99.1 Å². The first-order valence-corrected chi connectivity index (χ1v) is 19.5. The Labute approximate surface area is 300 Å². The molecule has 1 N–H and O–H groups in total. The molecule has 0 saturated heterocycles. The van der Waals surface area contributed by atoms with E-state index in [-0.39, 0.29) is 42.7 Å². The fourth-order valence-corrected chi connectivity index (χ4v) is 5.43. The normalized spacial score (nSPS) is 13.4. The standard InChI is InChI=1S/C41H73NO7/c1-6-8-10-12-14-16-18-20-22-24-26-28-30-32-40(44)49-37(35-47-34-33-38(41(45)46)42(3,4)5)36-48-39(43)31-29-27-25-23-21-19-17-15-13-11-9-7-2/h15,17,20,22,26,28,37-38H,6-14,16,18-19,21,23-25,27,29-36H2,1-5H3/p+1/b17-15+,22-20+,28-26+. The molecule has 0 bridgehead atoms. The van der Waals surface area contributed by atoms with Crippen molar-refractivity contribution in [2.24, 2.45) is 0 Å². The molecule has 0 aromatic rings. The van der Waals surface area contributed by atoms with Crippen molar-refractivity contribution in [2.75, 3.05) is 41.0 Å². The number of likely N-dealkylation sites (N-methyl/N-ethyl adjacent to an activating group) is 1. The molecule has 0 fully saturated rings. The van der Waals surface area contributed by atoms with Crippen LogP contribution in [-0.2, 0) is 28.6 Å². The van der Waals surface area contributed by atoms with Gasteiger partial charge in [-0.25, -0.2) is 4.79 Å². The van der Waals surface area contributed by atoms with Crippen molar-refractivity contribution >= 4 is 17.9 Å². The van der Waals surface area contributed by atoms with E-state index in [0.29, 0.717) is 19.3 Å². The highest BCUT2D eigenvalue weighted by atomic mass is 16.6. The van der Waals surface area contributed by atoms with Crippen LogP contribution in [0.3, 0.4) is 0 Å². The fourth-order valence-electron chi connectivity index (χ4n) is 5.43. The third-order valence-corrected chi connectivity index (χ3v) is 8.53. The van der Waals surface area contributed by atoms with Gasteiger partial charge in [-0.15, -0.1) is 0 Å². The Morgan fingerprint density at radius 3 is 1.71 bits per heavy atom. The number of unbranched alkanes of at least 4 members (excludes halogenated alkanes) is 14. The molecule has 8 heteroatoms. The second kappa shape index (κ2) is 32.7. The largest absolute Gasteiger partial charge is 0.477 e. The van der Waals surface area contributed by atoms with Crippen molar-refractivity contribution in [2.45, 2.75) is 167 Å². The van der Waals surface area contributed by atoms with Crippen molar-refractivity contribution in [3.63, 3.8) is 0 Å². The maximum atomic E-state index is 12.6. The molecule has 2 atom stereocenters. The van der Waals surface area contributed by atoms with Gasteiger partial charge in [0.15, 0.2) is 12.1 Å². The molecule has 2 unspecified atom stereocenters. The minimum Gasteiger partial charge on any atom is -0.477 e. The Morgan fingerprint density at radius 2 is 1.12 bits per heavy atom. The lowest BCUT2D eigenvalue weighted by atomic mass is 10.1. The summed E-state index contributed by atoms with van der Waals surface area (Å²) in [6.45, 7) is 4.61. The summed E-state index contributed by atoms with van der Waals surface area (Å²) in [6.07, 6.45) is 34.8. The third-order valence-electron chi connectivity index (χ3n) is 8.53. The van der Waals surface area contributed by atoms with Crippen molar-refractivity contribution < 1.29 is 38.2 Å². The number of rotatable bonds is 34. The Hall–Kier alpha value is -2.45. The van der Waals surface area contributed by atoms with E-state index >= 15 is 0 Å². The van der Waals surface area contributed by atoms with E-state index in [1.807, 2.05) is 27.2 Å². The average Bonchev–Trinajstić information content (AvgIpc) is 3.05. The predicted molar refractivity (Wildman–Crippen MR) is 201 cm³/mol. The lowest BCUT2D eigenvalue weighted by molar-refractivity contribution is -0.887. The number of aliphatic carboxylic acids is 1. The van der Waals surface area contributed by atoms with Crippen molar-refractivity contribution in [1.82, 2.24) is 0 Å². The Morgan fingerprint density at radius 1 is 0.612 bits per heavy atom. The van der Waals surface area contributed by atoms with Crippen LogP contribution in [0.25, 0.3) is 0 Å². The molecule has 0 aromatic heterocycles. The smallest absolute Gasteiger partial charge is 0.362 e. The molecular formula is C41H74NO7+. The van der Waals surface area contributed by atoms with Crippen LogP contribution in [0.4, 0.5) is 0 Å². The van der Waals surface area contributed by atoms with E-state index in [2.05, 4.69) is 44.2 Å². The van der Waals surface area contributed by atoms with Crippen LogP contribution in [0.15, 0.2) is 36.5 Å². The molecule has 0 saturated carbocycles. The molecule has 0 rings (SSSR count). The van der Waals surface area contributed by atoms with Gasteiger partial charge in [-0.1, -0.05) is 115 Å². The number of esters is 2. The number of allylic oxidation sites excluding steroid dienone is 6. The van der Waals surface area contributed by atoms with Gasteiger partial charge < -0.3 is 23.8 Å². The molecule has 0 aromatic carbocycles. The summed E-state index contributed by atoms with van der Waals surface area (Å²) in [7, 11) is 5.49. The van der Waals surface area contributed by atoms with Gasteiger partial charge in [0.1, 0.15) is 6.61 Å².